The zero-order valence-electron chi connectivity index (χ0n) is 12.2. The van der Waals surface area contributed by atoms with E-state index in [0.29, 0.717) is 6.54 Å². The Morgan fingerprint density at radius 2 is 2.14 bits per heavy atom. The fraction of sp³-hybridized carbons (Fsp3) is 0.375. The number of benzene rings is 1. The van der Waals surface area contributed by atoms with Crippen molar-refractivity contribution in [2.24, 2.45) is 0 Å². The van der Waals surface area contributed by atoms with Crippen molar-refractivity contribution < 1.29 is 4.79 Å². The molecule has 1 aromatic carbocycles. The molecule has 0 spiro atoms. The summed E-state index contributed by atoms with van der Waals surface area (Å²) >= 11 is 0. The van der Waals surface area contributed by atoms with Crippen LogP contribution in [0.15, 0.2) is 36.5 Å². The Morgan fingerprint density at radius 3 is 2.86 bits per heavy atom. The average molecular weight is 284 g/mol. The van der Waals surface area contributed by atoms with Crippen LogP contribution in [0.25, 0.3) is 0 Å². The summed E-state index contributed by atoms with van der Waals surface area (Å²) in [7, 11) is 0. The van der Waals surface area contributed by atoms with Gasteiger partial charge in [0.05, 0.1) is 6.04 Å². The van der Waals surface area contributed by atoms with E-state index < -0.39 is 0 Å². The van der Waals surface area contributed by atoms with E-state index in [1.807, 2.05) is 31.3 Å². The number of carbonyl (C=O) groups excluding carboxylic acids is 1. The predicted octanol–water partition coefficient (Wildman–Crippen LogP) is 1.26. The molecule has 1 amide bonds. The van der Waals surface area contributed by atoms with Gasteiger partial charge < -0.3 is 10.3 Å². The minimum Gasteiger partial charge on any atom is -0.353 e. The maximum Gasteiger partial charge on any atom is 0.237 e. The molecule has 2 N–H and O–H groups in total. The van der Waals surface area contributed by atoms with E-state index >= 15 is 0 Å². The second-order valence-electron chi connectivity index (χ2n) is 5.46. The van der Waals surface area contributed by atoms with Gasteiger partial charge in [0.15, 0.2) is 0 Å². The van der Waals surface area contributed by atoms with E-state index in [4.69, 9.17) is 0 Å². The van der Waals surface area contributed by atoms with Crippen LogP contribution in [0.2, 0.25) is 0 Å². The first-order chi connectivity index (χ1) is 10.2. The minimum atomic E-state index is -0.121. The zero-order chi connectivity index (χ0) is 14.7. The van der Waals surface area contributed by atoms with E-state index in [1.54, 1.807) is 0 Å². The number of aryl methyl sites for hydroxylation is 1. The lowest BCUT2D eigenvalue weighted by Crippen LogP contribution is -2.55. The number of rotatable bonds is 4. The number of amides is 1. The molecule has 1 atom stereocenters. The van der Waals surface area contributed by atoms with Crippen LogP contribution < -0.4 is 5.32 Å². The van der Waals surface area contributed by atoms with Crippen LogP contribution in [0.1, 0.15) is 17.1 Å². The third-order valence-corrected chi connectivity index (χ3v) is 3.84. The summed E-state index contributed by atoms with van der Waals surface area (Å²) in [6, 6.07) is 10.0. The SMILES string of the molecule is Cc1ncc(CN2CCNC(=O)[C@@H]2Cc2ccccc2)[nH]1. The number of hydrogen-bond acceptors (Lipinski definition) is 3. The first kappa shape index (κ1) is 13.8. The van der Waals surface area contributed by atoms with Crippen molar-refractivity contribution in [3.63, 3.8) is 0 Å². The van der Waals surface area contributed by atoms with Crippen LogP contribution in [0.5, 0.6) is 0 Å². The maximum absolute atomic E-state index is 12.2. The zero-order valence-corrected chi connectivity index (χ0v) is 12.2. The molecule has 0 bridgehead atoms. The Balaban J connectivity index is 1.74. The highest BCUT2D eigenvalue weighted by molar-refractivity contribution is 5.82. The van der Waals surface area contributed by atoms with Crippen molar-refractivity contribution in [1.82, 2.24) is 20.2 Å². The Kier molecular flexibility index (Phi) is 4.01. The molecule has 3 rings (SSSR count). The second kappa shape index (κ2) is 6.10. The van der Waals surface area contributed by atoms with Crippen molar-refractivity contribution in [3.8, 4) is 0 Å². The number of nitrogens with one attached hydrogen (secondary N) is 2. The van der Waals surface area contributed by atoms with Gasteiger partial charge >= 0.3 is 0 Å². The highest BCUT2D eigenvalue weighted by Crippen LogP contribution is 2.14. The highest BCUT2D eigenvalue weighted by Gasteiger charge is 2.29. The van der Waals surface area contributed by atoms with Crippen molar-refractivity contribution in [2.45, 2.75) is 25.9 Å². The fourth-order valence-electron chi connectivity index (χ4n) is 2.78. The summed E-state index contributed by atoms with van der Waals surface area (Å²) in [6.45, 7) is 4.23. The molecule has 5 heteroatoms. The van der Waals surface area contributed by atoms with Crippen LogP contribution in [0.3, 0.4) is 0 Å². The Bertz CT molecular complexity index is 608. The lowest BCUT2D eigenvalue weighted by atomic mass is 10.0. The molecule has 0 saturated carbocycles. The van der Waals surface area contributed by atoms with Gasteiger partial charge in [-0.25, -0.2) is 4.98 Å². The molecule has 1 aliphatic heterocycles. The number of aromatic amines is 1. The molecular formula is C16H20N4O. The third kappa shape index (κ3) is 3.31. The van der Waals surface area contributed by atoms with Gasteiger partial charge in [-0.05, 0) is 18.9 Å². The molecule has 21 heavy (non-hydrogen) atoms. The second-order valence-corrected chi connectivity index (χ2v) is 5.46. The highest BCUT2D eigenvalue weighted by atomic mass is 16.2. The molecule has 0 aliphatic carbocycles. The molecular weight excluding hydrogens is 264 g/mol. The van der Waals surface area contributed by atoms with Gasteiger partial charge in [-0.1, -0.05) is 30.3 Å². The Morgan fingerprint density at radius 1 is 1.33 bits per heavy atom. The predicted molar refractivity (Wildman–Crippen MR) is 80.7 cm³/mol. The van der Waals surface area contributed by atoms with Crippen molar-refractivity contribution in [2.75, 3.05) is 13.1 Å². The molecule has 2 heterocycles. The lowest BCUT2D eigenvalue weighted by Gasteiger charge is -2.34. The van der Waals surface area contributed by atoms with Gasteiger partial charge in [0, 0.05) is 31.5 Å². The van der Waals surface area contributed by atoms with Crippen LogP contribution in [-0.4, -0.2) is 39.9 Å². The molecule has 1 aliphatic rings. The topological polar surface area (TPSA) is 61.0 Å². The number of imidazole rings is 1. The number of nitrogens with zero attached hydrogens (tertiary/aromatic N) is 2. The van der Waals surface area contributed by atoms with Gasteiger partial charge in [0.1, 0.15) is 5.82 Å². The summed E-state index contributed by atoms with van der Waals surface area (Å²) in [4.78, 5) is 21.9. The molecule has 0 radical (unpaired) electrons. The van der Waals surface area contributed by atoms with Crippen molar-refractivity contribution in [3.05, 3.63) is 53.6 Å². The standard InChI is InChI=1S/C16H20N4O/c1-12-18-10-14(19-12)11-20-8-7-17-16(21)15(20)9-13-5-3-2-4-6-13/h2-6,10,15H,7-9,11H2,1H3,(H,17,21)(H,18,19)/t15-/m0/s1. The summed E-state index contributed by atoms with van der Waals surface area (Å²) in [5.74, 6) is 1.02. The maximum atomic E-state index is 12.2. The number of piperazine rings is 1. The van der Waals surface area contributed by atoms with E-state index in [9.17, 15) is 4.79 Å². The molecule has 1 aromatic heterocycles. The smallest absolute Gasteiger partial charge is 0.237 e. The van der Waals surface area contributed by atoms with Crippen LogP contribution >= 0.6 is 0 Å². The third-order valence-electron chi connectivity index (χ3n) is 3.84. The minimum absolute atomic E-state index is 0.112. The fourth-order valence-corrected chi connectivity index (χ4v) is 2.78. The number of H-pyrrole nitrogens is 1. The van der Waals surface area contributed by atoms with E-state index in [1.165, 1.54) is 5.56 Å². The molecule has 1 fully saturated rings. The Hall–Kier alpha value is -2.14. The van der Waals surface area contributed by atoms with E-state index in [-0.39, 0.29) is 11.9 Å². The quantitative estimate of drug-likeness (QED) is 0.888. The first-order valence-corrected chi connectivity index (χ1v) is 7.28. The molecule has 1 saturated heterocycles. The molecule has 5 nitrogen and oxygen atoms in total. The molecule has 0 unspecified atom stereocenters. The van der Waals surface area contributed by atoms with Crippen LogP contribution in [0.4, 0.5) is 0 Å². The average Bonchev–Trinajstić information content (AvgIpc) is 2.89. The Labute approximate surface area is 124 Å². The number of hydrogen-bond donors (Lipinski definition) is 2. The summed E-state index contributed by atoms with van der Waals surface area (Å²) < 4.78 is 0. The van der Waals surface area contributed by atoms with E-state index in [2.05, 4.69) is 32.3 Å². The van der Waals surface area contributed by atoms with Gasteiger partial charge in [-0.3, -0.25) is 9.69 Å². The van der Waals surface area contributed by atoms with Crippen molar-refractivity contribution in [1.29, 1.82) is 0 Å². The summed E-state index contributed by atoms with van der Waals surface area (Å²) in [5, 5.41) is 2.97. The summed E-state index contributed by atoms with van der Waals surface area (Å²) in [6.07, 6.45) is 2.58. The monoisotopic (exact) mass is 284 g/mol. The molecule has 110 valence electrons. The van der Waals surface area contributed by atoms with Gasteiger partial charge in [0.25, 0.3) is 0 Å². The normalized spacial score (nSPS) is 19.5. The first-order valence-electron chi connectivity index (χ1n) is 7.28. The van der Waals surface area contributed by atoms with Crippen molar-refractivity contribution >= 4 is 5.91 Å². The van der Waals surface area contributed by atoms with Gasteiger partial charge in [0.2, 0.25) is 5.91 Å². The van der Waals surface area contributed by atoms with Gasteiger partial charge in [-0.15, -0.1) is 0 Å². The molecule has 2 aromatic rings. The van der Waals surface area contributed by atoms with Gasteiger partial charge in [-0.2, -0.15) is 0 Å². The van der Waals surface area contributed by atoms with E-state index in [0.717, 1.165) is 31.0 Å². The largest absolute Gasteiger partial charge is 0.353 e. The summed E-state index contributed by atoms with van der Waals surface area (Å²) in [5.41, 5.74) is 2.24. The number of aromatic nitrogens is 2. The lowest BCUT2D eigenvalue weighted by molar-refractivity contribution is -0.129. The number of carbonyl (C=O) groups is 1. The van der Waals surface area contributed by atoms with Crippen LogP contribution in [0, 0.1) is 6.92 Å². The van der Waals surface area contributed by atoms with Crippen LogP contribution in [-0.2, 0) is 17.8 Å².